The number of benzene rings is 5. The first-order chi connectivity index (χ1) is 41.0. The Morgan fingerprint density at radius 1 is 0.284 bits per heavy atom. The second kappa shape index (κ2) is 30.4. The summed E-state index contributed by atoms with van der Waals surface area (Å²) in [5.41, 5.74) is 24.1. The molecule has 0 aliphatic rings. The zero-order valence-electron chi connectivity index (χ0n) is 57.3. The van der Waals surface area contributed by atoms with E-state index in [9.17, 15) is 0 Å². The highest BCUT2D eigenvalue weighted by atomic mass is 14.9. The van der Waals surface area contributed by atoms with E-state index in [1.165, 1.54) is 61.5 Å². The summed E-state index contributed by atoms with van der Waals surface area (Å²) in [4.78, 5) is 0. The highest BCUT2D eigenvalue weighted by Gasteiger charge is 2.17. The van der Waals surface area contributed by atoms with Crippen molar-refractivity contribution in [3.05, 3.63) is 268 Å². The van der Waals surface area contributed by atoms with Gasteiger partial charge in [-0.1, -0.05) is 113 Å². The molecular weight excluding hydrogens is 983 g/mol. The molecule has 0 atom stereocenters. The second-order valence-corrected chi connectivity index (χ2v) is 20.8. The molecule has 5 nitrogen and oxygen atoms in total. The van der Waals surface area contributed by atoms with E-state index < -0.39 is 19.1 Å². The van der Waals surface area contributed by atoms with Crippen molar-refractivity contribution in [1.29, 1.82) is 0 Å². The van der Waals surface area contributed by atoms with Crippen LogP contribution >= 0.6 is 0 Å². The first-order valence-corrected chi connectivity index (χ1v) is 28.3. The Labute approximate surface area is 496 Å². The number of rotatable bonds is 10. The van der Waals surface area contributed by atoms with Crippen LogP contribution in [0.4, 0.5) is 0 Å². The molecule has 0 radical (unpaired) electrons. The highest BCUT2D eigenvalue weighted by molar-refractivity contribution is 5.65. The lowest BCUT2D eigenvalue weighted by atomic mass is 10.0. The average molecular weight is 1080 g/mol. The first-order valence-electron chi connectivity index (χ1n) is 31.3. The third-order valence-electron chi connectivity index (χ3n) is 15.0. The molecule has 10 aromatic rings. The quantitative estimate of drug-likeness (QED) is 0.122. The van der Waals surface area contributed by atoms with Crippen LogP contribution in [0, 0.1) is 41.5 Å². The van der Waals surface area contributed by atoms with Crippen LogP contribution in [0.2, 0.25) is 0 Å². The van der Waals surface area contributed by atoms with Gasteiger partial charge >= 0.3 is 0 Å². The number of aromatic nitrogens is 5. The van der Waals surface area contributed by atoms with Crippen molar-refractivity contribution in [2.24, 2.45) is 35.2 Å². The van der Waals surface area contributed by atoms with Crippen LogP contribution in [0.3, 0.4) is 0 Å². The molecule has 416 valence electrons. The summed E-state index contributed by atoms with van der Waals surface area (Å²) in [5, 5.41) is 0. The van der Waals surface area contributed by atoms with Gasteiger partial charge in [0.25, 0.3) is 0 Å². The molecule has 0 amide bonds. The van der Waals surface area contributed by atoms with Gasteiger partial charge in [-0.2, -0.15) is 0 Å². The van der Waals surface area contributed by atoms with Crippen LogP contribution in [0.5, 0.6) is 0 Å². The van der Waals surface area contributed by atoms with E-state index in [0.29, 0.717) is 5.56 Å². The second-order valence-electron chi connectivity index (χ2n) is 20.8. The van der Waals surface area contributed by atoms with Crippen molar-refractivity contribution in [2.75, 3.05) is 0 Å². The van der Waals surface area contributed by atoms with Crippen LogP contribution < -0.4 is 22.8 Å². The zero-order valence-corrected chi connectivity index (χ0v) is 51.3. The van der Waals surface area contributed by atoms with Gasteiger partial charge in [0.05, 0.1) is 0 Å². The van der Waals surface area contributed by atoms with E-state index in [-0.39, 0.29) is 0 Å². The lowest BCUT2D eigenvalue weighted by Crippen LogP contribution is -2.32. The Morgan fingerprint density at radius 3 is 1.04 bits per heavy atom. The Hall–Kier alpha value is -8.15. The Morgan fingerprint density at radius 2 is 0.630 bits per heavy atom. The number of hydrogen-bond acceptors (Lipinski definition) is 0. The predicted octanol–water partition coefficient (Wildman–Crippen LogP) is 15.6. The van der Waals surface area contributed by atoms with E-state index in [1.54, 1.807) is 20.8 Å². The number of hydrogen-bond donors (Lipinski definition) is 0. The smallest absolute Gasteiger partial charge is 0.201 e. The molecule has 10 rings (SSSR count). The molecule has 0 unspecified atom stereocenters. The van der Waals surface area contributed by atoms with Gasteiger partial charge in [0.1, 0.15) is 35.2 Å². The zero-order chi connectivity index (χ0) is 64.0. The summed E-state index contributed by atoms with van der Waals surface area (Å²) in [6.45, 7) is 21.7. The molecule has 5 aromatic carbocycles. The minimum absolute atomic E-state index is 0.707. The van der Waals surface area contributed by atoms with Crippen molar-refractivity contribution >= 4 is 0 Å². The third kappa shape index (κ3) is 16.7. The highest BCUT2D eigenvalue weighted by Crippen LogP contribution is 2.26. The molecule has 0 spiro atoms. The van der Waals surface area contributed by atoms with Gasteiger partial charge in [0.15, 0.2) is 31.0 Å². The van der Waals surface area contributed by atoms with Crippen LogP contribution in [0.15, 0.2) is 207 Å². The lowest BCUT2D eigenvalue weighted by Gasteiger charge is -2.07. The SMILES string of the molecule is CCc1cc[n+](C)c(-c2ccccc2C)c1.CCc1ccc(-c2cccc[n+]2C)c(C)c1.[2H]C([2H])(C)c1c[n+](C)c(-c2ccccc2C)cc1C.[2H]C([2H])(C)c1cc[n+](C)c(-c2ccccc2C)c1.[2H]C([2H])(C)c1ccc(-c2cccc[n+]2C)c(C)c1. The molecule has 5 heterocycles. The summed E-state index contributed by atoms with van der Waals surface area (Å²) >= 11 is 0. The molecule has 5 heteroatoms. The maximum Gasteiger partial charge on any atom is 0.212 e. The molecule has 81 heavy (non-hydrogen) atoms. The van der Waals surface area contributed by atoms with E-state index in [2.05, 4.69) is 191 Å². The van der Waals surface area contributed by atoms with Crippen LogP contribution in [0.1, 0.15) is 104 Å². The van der Waals surface area contributed by atoms with Gasteiger partial charge in [-0.25, -0.2) is 22.8 Å². The summed E-state index contributed by atoms with van der Waals surface area (Å²) in [6, 6.07) is 60.2. The molecule has 5 aromatic heterocycles. The van der Waals surface area contributed by atoms with E-state index in [0.717, 1.165) is 63.3 Å². The van der Waals surface area contributed by atoms with Gasteiger partial charge < -0.3 is 0 Å². The summed E-state index contributed by atoms with van der Waals surface area (Å²) in [7, 11) is 10.2. The summed E-state index contributed by atoms with van der Waals surface area (Å²) in [5.74, 6) is 0. The molecule has 0 aliphatic carbocycles. The predicted molar refractivity (Wildman–Crippen MR) is 341 cm³/mol. The Balaban J connectivity index is 0.000000174. The van der Waals surface area contributed by atoms with Crippen molar-refractivity contribution < 1.29 is 31.1 Å². The first kappa shape index (κ1) is 53.5. The number of nitrogens with zero attached hydrogens (tertiary/aromatic N) is 5. The van der Waals surface area contributed by atoms with Gasteiger partial charge in [-0.15, -0.1) is 0 Å². The van der Waals surface area contributed by atoms with Gasteiger partial charge in [0, 0.05) is 96.2 Å². The summed E-state index contributed by atoms with van der Waals surface area (Å²) < 4.78 is 57.3. The fraction of sp³-hybridized carbons (Fsp3) is 0.276. The van der Waals surface area contributed by atoms with Crippen LogP contribution in [0.25, 0.3) is 56.3 Å². The van der Waals surface area contributed by atoms with E-state index in [1.807, 2.05) is 129 Å². The molecule has 0 saturated heterocycles. The number of aryl methyl sites for hydroxylation is 16. The molecule has 0 fully saturated rings. The normalized spacial score (nSPS) is 12.1. The van der Waals surface area contributed by atoms with Gasteiger partial charge in [-0.05, 0) is 172 Å². The summed E-state index contributed by atoms with van der Waals surface area (Å²) in [6.07, 6.45) is 8.32. The van der Waals surface area contributed by atoms with Crippen molar-refractivity contribution in [3.8, 4) is 56.3 Å². The molecule has 0 aliphatic heterocycles. The van der Waals surface area contributed by atoms with Crippen LogP contribution in [-0.4, -0.2) is 0 Å². The molecular formula is C76H92N5+5. The molecule has 0 saturated carbocycles. The standard InChI is InChI=1S/C16H20N.4C15H18N/c1-5-14-11-17(4)16(10-13(14)3)15-9-7-6-8-12(15)2;2*1-4-13-8-9-14(12(2)11-13)15-7-5-6-10-16(15)3;2*1-4-13-9-10-16(3)15(11-13)14-8-6-5-7-12(14)2/h6-11H,5H2,1-4H3;4*5-11H,4H2,1-3H3/q5*+1/i5D2;4D2;;4D2;. The monoisotopic (exact) mass is 1080 g/mol. The van der Waals surface area contributed by atoms with Crippen LogP contribution in [-0.2, 0) is 67.2 Å². The fourth-order valence-electron chi connectivity index (χ4n) is 9.90. The van der Waals surface area contributed by atoms with Gasteiger partial charge in [-0.3, -0.25) is 0 Å². The fourth-order valence-corrected chi connectivity index (χ4v) is 9.90. The Bertz CT molecular complexity index is 3940. The van der Waals surface area contributed by atoms with Gasteiger partial charge in [0.2, 0.25) is 28.5 Å². The lowest BCUT2D eigenvalue weighted by molar-refractivity contribution is -0.660. The van der Waals surface area contributed by atoms with Crippen molar-refractivity contribution in [2.45, 2.75) is 108 Å². The number of pyridine rings is 5. The maximum atomic E-state index is 7.88. The molecule has 0 bridgehead atoms. The topological polar surface area (TPSA) is 19.4 Å². The van der Waals surface area contributed by atoms with E-state index in [4.69, 9.17) is 8.22 Å². The molecule has 0 N–H and O–H groups in total. The minimum Gasteiger partial charge on any atom is -0.201 e. The largest absolute Gasteiger partial charge is 0.212 e. The third-order valence-corrected chi connectivity index (χ3v) is 15.0. The van der Waals surface area contributed by atoms with Crippen molar-refractivity contribution in [3.63, 3.8) is 0 Å². The maximum absolute atomic E-state index is 7.88. The minimum atomic E-state index is -1.31. The Kier molecular flexibility index (Phi) is 20.1. The van der Waals surface area contributed by atoms with E-state index >= 15 is 0 Å². The van der Waals surface area contributed by atoms with Crippen molar-refractivity contribution in [1.82, 2.24) is 0 Å². The average Bonchev–Trinajstić information content (AvgIpc) is 1.71.